The summed E-state index contributed by atoms with van der Waals surface area (Å²) in [5.74, 6) is 0.910. The maximum atomic E-state index is 11.7. The summed E-state index contributed by atoms with van der Waals surface area (Å²) in [5, 5.41) is 3.39. The van der Waals surface area contributed by atoms with E-state index in [1.807, 2.05) is 14.1 Å². The first kappa shape index (κ1) is 14.1. The van der Waals surface area contributed by atoms with E-state index in [9.17, 15) is 4.79 Å². The molecule has 0 spiro atoms. The van der Waals surface area contributed by atoms with Gasteiger partial charge in [0.15, 0.2) is 0 Å². The van der Waals surface area contributed by atoms with Crippen LogP contribution in [0.25, 0.3) is 0 Å². The quantitative estimate of drug-likeness (QED) is 0.883. The molecule has 2 rings (SSSR count). The molecule has 1 heterocycles. The minimum absolute atomic E-state index is 0.190. The van der Waals surface area contributed by atoms with Crippen LogP contribution >= 0.6 is 0 Å². The molecule has 0 aliphatic carbocycles. The zero-order valence-electron chi connectivity index (χ0n) is 12.4. The third-order valence-corrected chi connectivity index (χ3v) is 3.96. The second-order valence-corrected chi connectivity index (χ2v) is 5.83. The first-order chi connectivity index (χ1) is 9.02. The summed E-state index contributed by atoms with van der Waals surface area (Å²) in [6.45, 7) is 4.51. The summed E-state index contributed by atoms with van der Waals surface area (Å²) < 4.78 is 0. The summed E-state index contributed by atoms with van der Waals surface area (Å²) in [5.41, 5.74) is 3.52. The molecule has 19 heavy (non-hydrogen) atoms. The normalized spacial score (nSPS) is 16.1. The summed E-state index contributed by atoms with van der Waals surface area (Å²) in [6, 6.07) is 6.80. The maximum absolute atomic E-state index is 11.7. The molecule has 0 aromatic heterocycles. The highest BCUT2D eigenvalue weighted by molar-refractivity contribution is 6.00. The predicted octanol–water partition coefficient (Wildman–Crippen LogP) is 2.90. The summed E-state index contributed by atoms with van der Waals surface area (Å²) in [4.78, 5) is 13.5. The molecule has 1 atom stereocenters. The largest absolute Gasteiger partial charge is 0.315 e. The molecular weight excluding hydrogens is 236 g/mol. The van der Waals surface area contributed by atoms with Crippen molar-refractivity contribution in [2.45, 2.75) is 39.2 Å². The average Bonchev–Trinajstić information content (AvgIpc) is 2.65. The van der Waals surface area contributed by atoms with E-state index in [-0.39, 0.29) is 5.91 Å². The molecule has 1 aliphatic heterocycles. The van der Waals surface area contributed by atoms with E-state index >= 15 is 0 Å². The Bertz CT molecular complexity index is 468. The Hall–Kier alpha value is -1.35. The number of carbonyl (C=O) groups is 1. The number of benzene rings is 1. The number of hydrogen-bond donors (Lipinski definition) is 1. The molecule has 0 bridgehead atoms. The summed E-state index contributed by atoms with van der Waals surface area (Å²) in [7, 11) is 3.86. The monoisotopic (exact) mass is 260 g/mol. The van der Waals surface area contributed by atoms with Crippen LogP contribution in [0.1, 0.15) is 43.9 Å². The van der Waals surface area contributed by atoms with Gasteiger partial charge in [-0.15, -0.1) is 0 Å². The number of anilines is 1. The van der Waals surface area contributed by atoms with E-state index < -0.39 is 0 Å². The molecule has 1 aromatic rings. The highest BCUT2D eigenvalue weighted by atomic mass is 16.2. The summed E-state index contributed by atoms with van der Waals surface area (Å²) in [6.07, 6.45) is 2.89. The SMILES string of the molecule is CNC(CCC(C)C)c1ccc2c(c1)CC(=O)N2C. The molecule has 1 unspecified atom stereocenters. The van der Waals surface area contributed by atoms with Gasteiger partial charge in [-0.3, -0.25) is 4.79 Å². The van der Waals surface area contributed by atoms with Crippen molar-refractivity contribution in [1.82, 2.24) is 5.32 Å². The number of nitrogens with zero attached hydrogens (tertiary/aromatic N) is 1. The van der Waals surface area contributed by atoms with E-state index in [4.69, 9.17) is 0 Å². The van der Waals surface area contributed by atoms with Gasteiger partial charge in [0.25, 0.3) is 0 Å². The third-order valence-electron chi connectivity index (χ3n) is 3.96. The Morgan fingerprint density at radius 2 is 2.05 bits per heavy atom. The lowest BCUT2D eigenvalue weighted by molar-refractivity contribution is -0.117. The van der Waals surface area contributed by atoms with Crippen molar-refractivity contribution in [3.63, 3.8) is 0 Å². The van der Waals surface area contributed by atoms with Gasteiger partial charge in [0.1, 0.15) is 0 Å². The standard InChI is InChI=1S/C16H24N2O/c1-11(2)5-7-14(17-3)12-6-8-15-13(9-12)10-16(19)18(15)4/h6,8-9,11,14,17H,5,7,10H2,1-4H3. The Morgan fingerprint density at radius 3 is 2.68 bits per heavy atom. The summed E-state index contributed by atoms with van der Waals surface area (Å²) >= 11 is 0. The number of hydrogen-bond acceptors (Lipinski definition) is 2. The van der Waals surface area contributed by atoms with Crippen molar-refractivity contribution < 1.29 is 4.79 Å². The first-order valence-electron chi connectivity index (χ1n) is 7.09. The molecule has 1 aliphatic rings. The van der Waals surface area contributed by atoms with E-state index in [1.54, 1.807) is 4.90 Å². The van der Waals surface area contributed by atoms with Gasteiger partial charge in [-0.2, -0.15) is 0 Å². The zero-order chi connectivity index (χ0) is 14.0. The molecule has 1 amide bonds. The van der Waals surface area contributed by atoms with Crippen LogP contribution in [0.2, 0.25) is 0 Å². The lowest BCUT2D eigenvalue weighted by Gasteiger charge is -2.19. The van der Waals surface area contributed by atoms with Crippen LogP contribution in [-0.4, -0.2) is 20.0 Å². The Morgan fingerprint density at radius 1 is 1.32 bits per heavy atom. The molecule has 3 heteroatoms. The molecular formula is C16H24N2O. The van der Waals surface area contributed by atoms with Crippen molar-refractivity contribution in [2.24, 2.45) is 5.92 Å². The van der Waals surface area contributed by atoms with Gasteiger partial charge in [0, 0.05) is 18.8 Å². The molecule has 0 fully saturated rings. The highest BCUT2D eigenvalue weighted by Gasteiger charge is 2.24. The van der Waals surface area contributed by atoms with Crippen LogP contribution < -0.4 is 10.2 Å². The fourth-order valence-corrected chi connectivity index (χ4v) is 2.68. The molecule has 0 saturated carbocycles. The zero-order valence-corrected chi connectivity index (χ0v) is 12.4. The van der Waals surface area contributed by atoms with Gasteiger partial charge < -0.3 is 10.2 Å². The Kier molecular flexibility index (Phi) is 4.25. The highest BCUT2D eigenvalue weighted by Crippen LogP contribution is 2.31. The molecule has 1 N–H and O–H groups in total. The Labute approximate surface area is 116 Å². The van der Waals surface area contributed by atoms with Crippen molar-refractivity contribution in [1.29, 1.82) is 0 Å². The van der Waals surface area contributed by atoms with Crippen LogP contribution in [0.3, 0.4) is 0 Å². The molecule has 104 valence electrons. The predicted molar refractivity (Wildman–Crippen MR) is 79.4 cm³/mol. The number of likely N-dealkylation sites (N-methyl/N-ethyl adjacent to an activating group) is 1. The van der Waals surface area contributed by atoms with E-state index in [0.717, 1.165) is 23.6 Å². The fraction of sp³-hybridized carbons (Fsp3) is 0.562. The van der Waals surface area contributed by atoms with Crippen molar-refractivity contribution in [3.8, 4) is 0 Å². The fourth-order valence-electron chi connectivity index (χ4n) is 2.68. The van der Waals surface area contributed by atoms with Crippen molar-refractivity contribution in [2.75, 3.05) is 19.0 Å². The number of nitrogens with one attached hydrogen (secondary N) is 1. The second-order valence-electron chi connectivity index (χ2n) is 5.83. The lowest BCUT2D eigenvalue weighted by atomic mass is 9.96. The van der Waals surface area contributed by atoms with E-state index in [2.05, 4.69) is 37.4 Å². The lowest BCUT2D eigenvalue weighted by Crippen LogP contribution is -2.20. The van der Waals surface area contributed by atoms with Crippen LogP contribution in [0.4, 0.5) is 5.69 Å². The minimum Gasteiger partial charge on any atom is -0.315 e. The average molecular weight is 260 g/mol. The van der Waals surface area contributed by atoms with Crippen LogP contribution in [-0.2, 0) is 11.2 Å². The van der Waals surface area contributed by atoms with Crippen molar-refractivity contribution in [3.05, 3.63) is 29.3 Å². The Balaban J connectivity index is 2.17. The number of fused-ring (bicyclic) bond motifs is 1. The minimum atomic E-state index is 0.190. The van der Waals surface area contributed by atoms with E-state index in [0.29, 0.717) is 12.5 Å². The smallest absolute Gasteiger partial charge is 0.231 e. The maximum Gasteiger partial charge on any atom is 0.231 e. The van der Waals surface area contributed by atoms with Gasteiger partial charge in [0.2, 0.25) is 5.91 Å². The first-order valence-corrected chi connectivity index (χ1v) is 7.09. The number of amides is 1. The topological polar surface area (TPSA) is 32.3 Å². The third kappa shape index (κ3) is 2.98. The molecule has 3 nitrogen and oxygen atoms in total. The van der Waals surface area contributed by atoms with Gasteiger partial charge in [-0.1, -0.05) is 26.0 Å². The molecule has 0 radical (unpaired) electrons. The van der Waals surface area contributed by atoms with Gasteiger partial charge in [-0.25, -0.2) is 0 Å². The molecule has 1 aromatic carbocycles. The number of carbonyl (C=O) groups excluding carboxylic acids is 1. The molecule has 0 saturated heterocycles. The van der Waals surface area contributed by atoms with Crippen LogP contribution in [0.5, 0.6) is 0 Å². The van der Waals surface area contributed by atoms with Gasteiger partial charge in [-0.05, 0) is 43.0 Å². The van der Waals surface area contributed by atoms with Crippen LogP contribution in [0.15, 0.2) is 18.2 Å². The number of rotatable bonds is 5. The van der Waals surface area contributed by atoms with Gasteiger partial charge in [0.05, 0.1) is 6.42 Å². The van der Waals surface area contributed by atoms with Gasteiger partial charge >= 0.3 is 0 Å². The van der Waals surface area contributed by atoms with Crippen molar-refractivity contribution >= 4 is 11.6 Å². The second kappa shape index (κ2) is 5.74. The van der Waals surface area contributed by atoms with Crippen LogP contribution in [0, 0.1) is 5.92 Å². The van der Waals surface area contributed by atoms with E-state index in [1.165, 1.54) is 12.0 Å².